The number of hydrogen-bond acceptors (Lipinski definition) is 4. The first-order valence-electron chi connectivity index (χ1n) is 6.35. The second kappa shape index (κ2) is 6.31. The fourth-order valence-electron chi connectivity index (χ4n) is 2.05. The van der Waals surface area contributed by atoms with Crippen molar-refractivity contribution in [1.82, 2.24) is 19.9 Å². The van der Waals surface area contributed by atoms with Crippen molar-refractivity contribution in [3.05, 3.63) is 53.6 Å². The molecule has 0 unspecified atom stereocenters. The molecular weight excluding hydrogens is 254 g/mol. The van der Waals surface area contributed by atoms with Crippen molar-refractivity contribution in [2.75, 3.05) is 7.05 Å². The summed E-state index contributed by atoms with van der Waals surface area (Å²) in [6.45, 7) is 1.48. The van der Waals surface area contributed by atoms with E-state index in [0.29, 0.717) is 5.56 Å². The molecule has 2 aromatic rings. The molecule has 106 valence electrons. The van der Waals surface area contributed by atoms with Gasteiger partial charge in [-0.15, -0.1) is 0 Å². The number of rotatable bonds is 5. The number of hydrazine groups is 1. The van der Waals surface area contributed by atoms with E-state index in [9.17, 15) is 4.79 Å². The molecule has 1 aromatic carbocycles. The molecule has 1 amide bonds. The Morgan fingerprint density at radius 3 is 2.90 bits per heavy atom. The van der Waals surface area contributed by atoms with Gasteiger partial charge in [-0.05, 0) is 24.7 Å². The van der Waals surface area contributed by atoms with E-state index in [1.807, 2.05) is 43.1 Å². The van der Waals surface area contributed by atoms with Crippen LogP contribution in [0.5, 0.6) is 0 Å². The van der Waals surface area contributed by atoms with Gasteiger partial charge in [-0.3, -0.25) is 15.1 Å². The number of nitrogens with two attached hydrogens (primary N) is 1. The van der Waals surface area contributed by atoms with Crippen molar-refractivity contribution in [2.24, 2.45) is 12.9 Å². The third-order valence-electron chi connectivity index (χ3n) is 3.11. The molecule has 1 aromatic heterocycles. The number of amides is 1. The van der Waals surface area contributed by atoms with Gasteiger partial charge < -0.3 is 4.57 Å². The molecule has 20 heavy (non-hydrogen) atoms. The van der Waals surface area contributed by atoms with E-state index in [1.165, 1.54) is 0 Å². The van der Waals surface area contributed by atoms with Crippen LogP contribution in [0.1, 0.15) is 21.7 Å². The van der Waals surface area contributed by atoms with Crippen molar-refractivity contribution in [3.63, 3.8) is 0 Å². The number of aromatic nitrogens is 2. The molecule has 0 spiro atoms. The summed E-state index contributed by atoms with van der Waals surface area (Å²) in [7, 11) is 3.99. The SMILES string of the molecule is CN(Cc1cccc(C(=O)NN)c1)Cc1nccn1C. The van der Waals surface area contributed by atoms with Crippen LogP contribution in [0, 0.1) is 0 Å². The summed E-state index contributed by atoms with van der Waals surface area (Å²) in [5.74, 6) is 5.87. The molecule has 0 aliphatic heterocycles. The zero-order valence-corrected chi connectivity index (χ0v) is 11.7. The second-order valence-corrected chi connectivity index (χ2v) is 4.80. The van der Waals surface area contributed by atoms with Crippen LogP contribution in [0.3, 0.4) is 0 Å². The van der Waals surface area contributed by atoms with Gasteiger partial charge in [-0.1, -0.05) is 12.1 Å². The fraction of sp³-hybridized carbons (Fsp3) is 0.286. The van der Waals surface area contributed by atoms with Crippen LogP contribution in [0.2, 0.25) is 0 Å². The Bertz CT molecular complexity index is 593. The third-order valence-corrected chi connectivity index (χ3v) is 3.11. The van der Waals surface area contributed by atoms with Crippen LogP contribution in [-0.2, 0) is 20.1 Å². The highest BCUT2D eigenvalue weighted by molar-refractivity contribution is 5.93. The van der Waals surface area contributed by atoms with E-state index in [1.54, 1.807) is 12.3 Å². The molecule has 0 bridgehead atoms. The standard InChI is InChI=1S/C14H19N5O/c1-18(10-13-16-6-7-19(13)2)9-11-4-3-5-12(8-11)14(20)17-15/h3-8H,9-10,15H2,1-2H3,(H,17,20). The zero-order chi connectivity index (χ0) is 14.5. The quantitative estimate of drug-likeness (QED) is 0.476. The van der Waals surface area contributed by atoms with Crippen LogP contribution in [0.25, 0.3) is 0 Å². The largest absolute Gasteiger partial charge is 0.337 e. The molecule has 0 fully saturated rings. The predicted octanol–water partition coefficient (Wildman–Crippen LogP) is 0.656. The lowest BCUT2D eigenvalue weighted by atomic mass is 10.1. The van der Waals surface area contributed by atoms with E-state index in [-0.39, 0.29) is 5.91 Å². The molecule has 0 saturated carbocycles. The maximum atomic E-state index is 11.5. The smallest absolute Gasteiger partial charge is 0.265 e. The van der Waals surface area contributed by atoms with Gasteiger partial charge >= 0.3 is 0 Å². The van der Waals surface area contributed by atoms with Crippen LogP contribution in [0.15, 0.2) is 36.7 Å². The molecule has 0 saturated heterocycles. The van der Waals surface area contributed by atoms with Crippen molar-refractivity contribution >= 4 is 5.91 Å². The maximum absolute atomic E-state index is 11.5. The van der Waals surface area contributed by atoms with Crippen LogP contribution in [0.4, 0.5) is 0 Å². The number of aryl methyl sites for hydroxylation is 1. The van der Waals surface area contributed by atoms with E-state index in [4.69, 9.17) is 5.84 Å². The minimum absolute atomic E-state index is 0.279. The Morgan fingerprint density at radius 1 is 1.45 bits per heavy atom. The van der Waals surface area contributed by atoms with Gasteiger partial charge in [0.1, 0.15) is 5.82 Å². The van der Waals surface area contributed by atoms with Gasteiger partial charge in [-0.2, -0.15) is 0 Å². The highest BCUT2D eigenvalue weighted by atomic mass is 16.2. The lowest BCUT2D eigenvalue weighted by Gasteiger charge is -2.16. The first-order chi connectivity index (χ1) is 9.60. The number of nitrogens with zero attached hydrogens (tertiary/aromatic N) is 3. The van der Waals surface area contributed by atoms with E-state index < -0.39 is 0 Å². The summed E-state index contributed by atoms with van der Waals surface area (Å²) in [6.07, 6.45) is 3.71. The molecule has 6 nitrogen and oxygen atoms in total. The van der Waals surface area contributed by atoms with Gasteiger partial charge in [0.25, 0.3) is 5.91 Å². The van der Waals surface area contributed by atoms with E-state index in [0.717, 1.165) is 24.5 Å². The Labute approximate surface area is 118 Å². The minimum atomic E-state index is -0.279. The molecular formula is C14H19N5O. The van der Waals surface area contributed by atoms with Gasteiger partial charge in [0.2, 0.25) is 0 Å². The lowest BCUT2D eigenvalue weighted by Crippen LogP contribution is -2.30. The first-order valence-corrected chi connectivity index (χ1v) is 6.35. The van der Waals surface area contributed by atoms with Gasteiger partial charge in [0, 0.05) is 31.5 Å². The highest BCUT2D eigenvalue weighted by Crippen LogP contribution is 2.09. The van der Waals surface area contributed by atoms with Gasteiger partial charge in [0.15, 0.2) is 0 Å². The van der Waals surface area contributed by atoms with Crippen molar-refractivity contribution < 1.29 is 4.79 Å². The van der Waals surface area contributed by atoms with Gasteiger partial charge in [0.05, 0.1) is 6.54 Å². The Morgan fingerprint density at radius 2 is 2.25 bits per heavy atom. The number of nitrogen functional groups attached to an aromatic ring is 1. The number of benzene rings is 1. The molecule has 3 N–H and O–H groups in total. The first kappa shape index (κ1) is 14.2. The molecule has 6 heteroatoms. The summed E-state index contributed by atoms with van der Waals surface area (Å²) in [6, 6.07) is 7.43. The molecule has 0 atom stereocenters. The van der Waals surface area contributed by atoms with Gasteiger partial charge in [-0.25, -0.2) is 10.8 Å². The number of nitrogens with one attached hydrogen (secondary N) is 1. The van der Waals surface area contributed by atoms with E-state index in [2.05, 4.69) is 15.3 Å². The number of carbonyl (C=O) groups is 1. The maximum Gasteiger partial charge on any atom is 0.265 e. The van der Waals surface area contributed by atoms with Crippen LogP contribution >= 0.6 is 0 Å². The summed E-state index contributed by atoms with van der Waals surface area (Å²) < 4.78 is 1.99. The second-order valence-electron chi connectivity index (χ2n) is 4.80. The van der Waals surface area contributed by atoms with Crippen LogP contribution in [-0.4, -0.2) is 27.4 Å². The molecule has 0 aliphatic rings. The fourth-order valence-corrected chi connectivity index (χ4v) is 2.05. The molecule has 0 aliphatic carbocycles. The normalized spacial score (nSPS) is 10.8. The average Bonchev–Trinajstić information content (AvgIpc) is 2.83. The highest BCUT2D eigenvalue weighted by Gasteiger charge is 2.08. The average molecular weight is 273 g/mol. The van der Waals surface area contributed by atoms with Crippen LogP contribution < -0.4 is 11.3 Å². The van der Waals surface area contributed by atoms with Crippen molar-refractivity contribution in [1.29, 1.82) is 0 Å². The molecule has 1 heterocycles. The summed E-state index contributed by atoms with van der Waals surface area (Å²) >= 11 is 0. The van der Waals surface area contributed by atoms with Crippen molar-refractivity contribution in [2.45, 2.75) is 13.1 Å². The summed E-state index contributed by atoms with van der Waals surface area (Å²) in [5.41, 5.74) is 3.76. The minimum Gasteiger partial charge on any atom is -0.337 e. The lowest BCUT2D eigenvalue weighted by molar-refractivity contribution is 0.0953. The number of imidazole rings is 1. The van der Waals surface area contributed by atoms with Crippen molar-refractivity contribution in [3.8, 4) is 0 Å². The molecule has 2 rings (SSSR count). The predicted molar refractivity (Wildman–Crippen MR) is 76.5 cm³/mol. The topological polar surface area (TPSA) is 76.2 Å². The Balaban J connectivity index is 2.02. The Kier molecular flexibility index (Phi) is 4.49. The summed E-state index contributed by atoms with van der Waals surface area (Å²) in [4.78, 5) is 17.9. The summed E-state index contributed by atoms with van der Waals surface area (Å²) in [5, 5.41) is 0. The Hall–Kier alpha value is -2.18. The van der Waals surface area contributed by atoms with E-state index >= 15 is 0 Å². The monoisotopic (exact) mass is 273 g/mol. The zero-order valence-electron chi connectivity index (χ0n) is 11.7. The third kappa shape index (κ3) is 3.43. The number of carbonyl (C=O) groups excluding carboxylic acids is 1. The molecule has 0 radical (unpaired) electrons. The number of hydrogen-bond donors (Lipinski definition) is 2.